The zero-order valence-corrected chi connectivity index (χ0v) is 12.3. The van der Waals surface area contributed by atoms with Gasteiger partial charge in [0.25, 0.3) is 0 Å². The van der Waals surface area contributed by atoms with E-state index in [0.717, 1.165) is 22.4 Å². The highest BCUT2D eigenvalue weighted by molar-refractivity contribution is 9.10. The molecule has 0 unspecified atom stereocenters. The lowest BCUT2D eigenvalue weighted by molar-refractivity contribution is -0.120. The molecule has 2 N–H and O–H groups in total. The molecule has 1 aromatic heterocycles. The summed E-state index contributed by atoms with van der Waals surface area (Å²) in [5.74, 6) is 0.127. The maximum Gasteiger partial charge on any atom is 0.225 e. The van der Waals surface area contributed by atoms with E-state index in [1.807, 2.05) is 18.5 Å². The van der Waals surface area contributed by atoms with Gasteiger partial charge in [-0.1, -0.05) is 0 Å². The molecule has 17 heavy (non-hydrogen) atoms. The van der Waals surface area contributed by atoms with Gasteiger partial charge in [-0.25, -0.2) is 0 Å². The van der Waals surface area contributed by atoms with Crippen LogP contribution < -0.4 is 10.6 Å². The van der Waals surface area contributed by atoms with Gasteiger partial charge in [0.15, 0.2) is 0 Å². The average Bonchev–Trinajstić information content (AvgIpc) is 2.94. The number of thiophene rings is 1. The van der Waals surface area contributed by atoms with E-state index >= 15 is 0 Å². The fraction of sp³-hybridized carbons (Fsp3) is 0.583. The number of hydrogen-bond acceptors (Lipinski definition) is 3. The van der Waals surface area contributed by atoms with E-state index in [-0.39, 0.29) is 5.91 Å². The van der Waals surface area contributed by atoms with Gasteiger partial charge in [-0.2, -0.15) is 0 Å². The van der Waals surface area contributed by atoms with Gasteiger partial charge >= 0.3 is 0 Å². The molecule has 1 heterocycles. The summed E-state index contributed by atoms with van der Waals surface area (Å²) in [5, 5.41) is 8.24. The molecule has 1 fully saturated rings. The van der Waals surface area contributed by atoms with Gasteiger partial charge in [0.05, 0.1) is 6.42 Å². The second-order valence-electron chi connectivity index (χ2n) is 4.72. The van der Waals surface area contributed by atoms with Crippen molar-refractivity contribution in [3.63, 3.8) is 0 Å². The predicted octanol–water partition coefficient (Wildman–Crippen LogP) is 2.17. The molecule has 0 aromatic carbocycles. The monoisotopic (exact) mass is 316 g/mol. The van der Waals surface area contributed by atoms with Crippen molar-refractivity contribution in [2.45, 2.75) is 19.3 Å². The van der Waals surface area contributed by atoms with E-state index in [1.54, 1.807) is 11.3 Å². The first kappa shape index (κ1) is 13.1. The van der Waals surface area contributed by atoms with Crippen LogP contribution in [0.4, 0.5) is 0 Å². The zero-order valence-electron chi connectivity index (χ0n) is 9.88. The van der Waals surface area contributed by atoms with Gasteiger partial charge < -0.3 is 10.6 Å². The molecule has 0 saturated heterocycles. The van der Waals surface area contributed by atoms with Crippen LogP contribution in [0.5, 0.6) is 0 Å². The van der Waals surface area contributed by atoms with Crippen LogP contribution in [0, 0.1) is 5.41 Å². The molecule has 1 amide bonds. The predicted molar refractivity (Wildman–Crippen MR) is 74.3 cm³/mol. The minimum absolute atomic E-state index is 0.127. The van der Waals surface area contributed by atoms with Gasteiger partial charge in [-0.15, -0.1) is 11.3 Å². The Morgan fingerprint density at radius 2 is 2.29 bits per heavy atom. The summed E-state index contributed by atoms with van der Waals surface area (Å²) < 4.78 is 1.05. The zero-order chi connectivity index (χ0) is 12.3. The molecule has 0 radical (unpaired) electrons. The van der Waals surface area contributed by atoms with Crippen molar-refractivity contribution >= 4 is 33.2 Å². The highest BCUT2D eigenvalue weighted by Crippen LogP contribution is 2.44. The molecule has 0 spiro atoms. The third kappa shape index (κ3) is 3.79. The van der Waals surface area contributed by atoms with Crippen LogP contribution in [-0.2, 0) is 11.2 Å². The molecule has 1 aliphatic carbocycles. The Morgan fingerprint density at radius 3 is 2.82 bits per heavy atom. The highest BCUT2D eigenvalue weighted by atomic mass is 79.9. The van der Waals surface area contributed by atoms with Gasteiger partial charge in [0.2, 0.25) is 5.91 Å². The number of carbonyl (C=O) groups is 1. The fourth-order valence-corrected chi connectivity index (χ4v) is 3.37. The second kappa shape index (κ2) is 5.50. The minimum atomic E-state index is 0.127. The quantitative estimate of drug-likeness (QED) is 0.844. The first-order chi connectivity index (χ1) is 8.13. The Labute approximate surface area is 114 Å². The summed E-state index contributed by atoms with van der Waals surface area (Å²) in [5.41, 5.74) is 0.334. The van der Waals surface area contributed by atoms with Crippen molar-refractivity contribution in [3.8, 4) is 0 Å². The van der Waals surface area contributed by atoms with Crippen molar-refractivity contribution in [2.75, 3.05) is 20.1 Å². The minimum Gasteiger partial charge on any atom is -0.355 e. The van der Waals surface area contributed by atoms with Crippen molar-refractivity contribution in [1.29, 1.82) is 0 Å². The molecule has 0 atom stereocenters. The van der Waals surface area contributed by atoms with Gasteiger partial charge in [-0.3, -0.25) is 4.79 Å². The van der Waals surface area contributed by atoms with Crippen molar-refractivity contribution in [2.24, 2.45) is 5.41 Å². The van der Waals surface area contributed by atoms with Crippen LogP contribution in [0.15, 0.2) is 15.9 Å². The lowest BCUT2D eigenvalue weighted by Gasteiger charge is -2.15. The van der Waals surface area contributed by atoms with E-state index in [2.05, 4.69) is 26.6 Å². The Hall–Kier alpha value is -0.390. The molecule has 0 aliphatic heterocycles. The second-order valence-corrected chi connectivity index (χ2v) is 6.63. The molecule has 1 saturated carbocycles. The van der Waals surface area contributed by atoms with E-state index in [4.69, 9.17) is 0 Å². The van der Waals surface area contributed by atoms with E-state index in [0.29, 0.717) is 11.8 Å². The van der Waals surface area contributed by atoms with E-state index in [1.165, 1.54) is 12.8 Å². The first-order valence-corrected chi connectivity index (χ1v) is 7.45. The Kier molecular flexibility index (Phi) is 4.22. The molecular formula is C12H17BrN2OS. The van der Waals surface area contributed by atoms with Crippen LogP contribution in [0.3, 0.4) is 0 Å². The Morgan fingerprint density at radius 1 is 1.53 bits per heavy atom. The Bertz CT molecular complexity index is 401. The number of amides is 1. The maximum atomic E-state index is 11.8. The maximum absolute atomic E-state index is 11.8. The fourth-order valence-electron chi connectivity index (χ4n) is 1.92. The standard InChI is InChI=1S/C12H17BrN2OS/c1-14-7-12(2-3-12)8-15-11(16)5-10-4-9(13)6-17-10/h4,6,14H,2-3,5,7-8H2,1H3,(H,15,16). The average molecular weight is 317 g/mol. The number of halogens is 1. The smallest absolute Gasteiger partial charge is 0.225 e. The summed E-state index contributed by atoms with van der Waals surface area (Å²) in [6, 6.07) is 2.00. The van der Waals surface area contributed by atoms with Crippen LogP contribution >= 0.6 is 27.3 Å². The number of nitrogens with one attached hydrogen (secondary N) is 2. The summed E-state index contributed by atoms with van der Waals surface area (Å²) in [4.78, 5) is 12.9. The number of hydrogen-bond donors (Lipinski definition) is 2. The third-order valence-corrected chi connectivity index (χ3v) is 4.82. The van der Waals surface area contributed by atoms with Crippen molar-refractivity contribution in [1.82, 2.24) is 10.6 Å². The van der Waals surface area contributed by atoms with Gasteiger partial charge in [-0.05, 0) is 41.9 Å². The van der Waals surface area contributed by atoms with Gasteiger partial charge in [0.1, 0.15) is 0 Å². The normalized spacial score (nSPS) is 16.8. The lowest BCUT2D eigenvalue weighted by atomic mass is 10.1. The molecule has 0 bridgehead atoms. The van der Waals surface area contributed by atoms with E-state index in [9.17, 15) is 4.79 Å². The molecule has 94 valence electrons. The SMILES string of the molecule is CNCC1(CNC(=O)Cc2cc(Br)cs2)CC1. The highest BCUT2D eigenvalue weighted by Gasteiger charge is 2.41. The molecular weight excluding hydrogens is 300 g/mol. The molecule has 2 rings (SSSR count). The van der Waals surface area contributed by atoms with Crippen LogP contribution in [0.25, 0.3) is 0 Å². The molecule has 3 nitrogen and oxygen atoms in total. The van der Waals surface area contributed by atoms with Crippen LogP contribution in [0.1, 0.15) is 17.7 Å². The van der Waals surface area contributed by atoms with Crippen LogP contribution in [-0.4, -0.2) is 26.0 Å². The lowest BCUT2D eigenvalue weighted by Crippen LogP contribution is -2.35. The molecule has 1 aromatic rings. The summed E-state index contributed by atoms with van der Waals surface area (Å²) in [6.45, 7) is 1.80. The van der Waals surface area contributed by atoms with Crippen molar-refractivity contribution < 1.29 is 4.79 Å². The summed E-state index contributed by atoms with van der Waals surface area (Å²) >= 11 is 5.01. The molecule has 1 aliphatic rings. The summed E-state index contributed by atoms with van der Waals surface area (Å²) in [6.07, 6.45) is 2.93. The third-order valence-electron chi connectivity index (χ3n) is 3.13. The van der Waals surface area contributed by atoms with Crippen molar-refractivity contribution in [3.05, 3.63) is 20.8 Å². The topological polar surface area (TPSA) is 41.1 Å². The van der Waals surface area contributed by atoms with Crippen LogP contribution in [0.2, 0.25) is 0 Å². The summed E-state index contributed by atoms with van der Waals surface area (Å²) in [7, 11) is 1.96. The largest absolute Gasteiger partial charge is 0.355 e. The number of rotatable bonds is 6. The molecule has 5 heteroatoms. The van der Waals surface area contributed by atoms with Gasteiger partial charge in [0, 0.05) is 33.2 Å². The Balaban J connectivity index is 1.74. The van der Waals surface area contributed by atoms with E-state index < -0.39 is 0 Å². The first-order valence-electron chi connectivity index (χ1n) is 5.78. The number of carbonyl (C=O) groups excluding carboxylic acids is 1.